The van der Waals surface area contributed by atoms with Crippen LogP contribution in [0.4, 0.5) is 5.82 Å². The van der Waals surface area contributed by atoms with Crippen LogP contribution in [0.3, 0.4) is 0 Å². The number of fused-ring (bicyclic) bond motifs is 1. The van der Waals surface area contributed by atoms with E-state index in [1.807, 2.05) is 14.0 Å². The van der Waals surface area contributed by atoms with Gasteiger partial charge in [-0.2, -0.15) is 5.10 Å². The molecule has 0 aliphatic rings. The Kier molecular flexibility index (Phi) is 4.25. The third-order valence-electron chi connectivity index (χ3n) is 4.00. The first-order valence-electron chi connectivity index (χ1n) is 7.68. The average Bonchev–Trinajstić information content (AvgIpc) is 2.83. The highest BCUT2D eigenvalue weighted by Crippen LogP contribution is 2.27. The maximum absolute atomic E-state index is 9.41. The Balaban J connectivity index is 1.99. The Bertz CT molecular complexity index is 810. The van der Waals surface area contributed by atoms with E-state index in [0.717, 1.165) is 28.1 Å². The molecule has 1 aromatic carbocycles. The van der Waals surface area contributed by atoms with Crippen LogP contribution >= 0.6 is 0 Å². The van der Waals surface area contributed by atoms with E-state index in [1.54, 1.807) is 4.68 Å². The number of aromatic nitrogens is 4. The van der Waals surface area contributed by atoms with Crippen LogP contribution in [0.5, 0.6) is 0 Å². The van der Waals surface area contributed by atoms with Crippen molar-refractivity contribution in [2.24, 2.45) is 7.05 Å². The van der Waals surface area contributed by atoms with Gasteiger partial charge in [0.05, 0.1) is 17.1 Å². The van der Waals surface area contributed by atoms with Gasteiger partial charge in [0.1, 0.15) is 12.1 Å². The summed E-state index contributed by atoms with van der Waals surface area (Å²) >= 11 is 0. The summed E-state index contributed by atoms with van der Waals surface area (Å²) in [6, 6.07) is 8.30. The van der Waals surface area contributed by atoms with Crippen molar-refractivity contribution < 1.29 is 5.11 Å². The van der Waals surface area contributed by atoms with Crippen LogP contribution < -0.4 is 5.32 Å². The molecule has 0 radical (unpaired) electrons. The summed E-state index contributed by atoms with van der Waals surface area (Å²) in [6.45, 7) is 4.11. The Hall–Kier alpha value is -2.47. The quantitative estimate of drug-likeness (QED) is 0.757. The highest BCUT2D eigenvalue weighted by Gasteiger charge is 2.17. The molecule has 6 heteroatoms. The monoisotopic (exact) mass is 311 g/mol. The van der Waals surface area contributed by atoms with E-state index in [9.17, 15) is 5.11 Å². The van der Waals surface area contributed by atoms with E-state index in [1.165, 1.54) is 11.9 Å². The lowest BCUT2D eigenvalue weighted by Gasteiger charge is -2.19. The number of anilines is 1. The first kappa shape index (κ1) is 15.4. The standard InChI is InChI=1S/C17H21N5O/c1-11-4-6-13(7-5-11)14(8-9-23)20-16-15-12(2)21-22(3)17(15)19-10-18-16/h4-7,10,14,23H,8-9H2,1-3H3,(H,18,19,20)/t14-/m0/s1. The summed E-state index contributed by atoms with van der Waals surface area (Å²) in [5, 5.41) is 18.2. The van der Waals surface area contributed by atoms with Crippen LogP contribution in [0, 0.1) is 13.8 Å². The molecule has 120 valence electrons. The SMILES string of the molecule is Cc1ccc([C@H](CCO)Nc2ncnc3c2c(C)nn3C)cc1. The first-order chi connectivity index (χ1) is 11.1. The van der Waals surface area contributed by atoms with Crippen molar-refractivity contribution in [2.45, 2.75) is 26.3 Å². The number of nitrogens with zero attached hydrogens (tertiary/aromatic N) is 4. The summed E-state index contributed by atoms with van der Waals surface area (Å²) in [5.74, 6) is 0.750. The van der Waals surface area contributed by atoms with Crippen molar-refractivity contribution in [3.05, 3.63) is 47.4 Å². The molecule has 2 heterocycles. The number of aliphatic hydroxyl groups excluding tert-OH is 1. The Morgan fingerprint density at radius 2 is 1.91 bits per heavy atom. The molecule has 6 nitrogen and oxygen atoms in total. The van der Waals surface area contributed by atoms with Crippen LogP contribution in [0.2, 0.25) is 0 Å². The van der Waals surface area contributed by atoms with Gasteiger partial charge >= 0.3 is 0 Å². The van der Waals surface area contributed by atoms with Crippen LogP contribution in [-0.2, 0) is 7.05 Å². The molecular weight excluding hydrogens is 290 g/mol. The Labute approximate surface area is 135 Å². The van der Waals surface area contributed by atoms with Crippen molar-refractivity contribution in [2.75, 3.05) is 11.9 Å². The molecule has 3 rings (SSSR count). The van der Waals surface area contributed by atoms with Crippen LogP contribution in [-0.4, -0.2) is 31.5 Å². The molecule has 0 aliphatic heterocycles. The number of aliphatic hydroxyl groups is 1. The van der Waals surface area contributed by atoms with Gasteiger partial charge in [-0.05, 0) is 25.8 Å². The van der Waals surface area contributed by atoms with Gasteiger partial charge in [0.2, 0.25) is 0 Å². The fraction of sp³-hybridized carbons (Fsp3) is 0.353. The largest absolute Gasteiger partial charge is 0.396 e. The van der Waals surface area contributed by atoms with Gasteiger partial charge in [0.15, 0.2) is 5.65 Å². The Morgan fingerprint density at radius 3 is 2.61 bits per heavy atom. The van der Waals surface area contributed by atoms with E-state index in [-0.39, 0.29) is 12.6 Å². The van der Waals surface area contributed by atoms with Gasteiger partial charge in [0, 0.05) is 13.7 Å². The highest BCUT2D eigenvalue weighted by molar-refractivity contribution is 5.89. The Morgan fingerprint density at radius 1 is 1.17 bits per heavy atom. The van der Waals surface area contributed by atoms with Crippen molar-refractivity contribution in [3.63, 3.8) is 0 Å². The number of benzene rings is 1. The molecule has 1 atom stereocenters. The van der Waals surface area contributed by atoms with E-state index in [4.69, 9.17) is 0 Å². The fourth-order valence-electron chi connectivity index (χ4n) is 2.80. The maximum atomic E-state index is 9.41. The summed E-state index contributed by atoms with van der Waals surface area (Å²) in [6.07, 6.45) is 2.14. The zero-order valence-corrected chi connectivity index (χ0v) is 13.6. The lowest BCUT2D eigenvalue weighted by atomic mass is 10.0. The van der Waals surface area contributed by atoms with Gasteiger partial charge in [-0.3, -0.25) is 4.68 Å². The summed E-state index contributed by atoms with van der Waals surface area (Å²) in [5.41, 5.74) is 4.02. The van der Waals surface area contributed by atoms with Crippen LogP contribution in [0.1, 0.15) is 29.3 Å². The fourth-order valence-corrected chi connectivity index (χ4v) is 2.80. The highest BCUT2D eigenvalue weighted by atomic mass is 16.3. The van der Waals surface area contributed by atoms with Crippen molar-refractivity contribution in [1.82, 2.24) is 19.7 Å². The number of rotatable bonds is 5. The molecule has 2 aromatic heterocycles. The predicted octanol–water partition coefficient (Wildman–Crippen LogP) is 2.52. The zero-order valence-electron chi connectivity index (χ0n) is 13.6. The second-order valence-corrected chi connectivity index (χ2v) is 5.75. The second kappa shape index (κ2) is 6.34. The molecule has 2 N–H and O–H groups in total. The lowest BCUT2D eigenvalue weighted by Crippen LogP contribution is -2.14. The van der Waals surface area contributed by atoms with Gasteiger partial charge in [0.25, 0.3) is 0 Å². The number of aryl methyl sites for hydroxylation is 3. The molecule has 0 unspecified atom stereocenters. The minimum Gasteiger partial charge on any atom is -0.396 e. The molecule has 0 aliphatic carbocycles. The van der Waals surface area contributed by atoms with Crippen LogP contribution in [0.15, 0.2) is 30.6 Å². The summed E-state index contributed by atoms with van der Waals surface area (Å²) < 4.78 is 1.75. The lowest BCUT2D eigenvalue weighted by molar-refractivity contribution is 0.280. The molecule has 0 spiro atoms. The first-order valence-corrected chi connectivity index (χ1v) is 7.68. The smallest absolute Gasteiger partial charge is 0.163 e. The van der Waals surface area contributed by atoms with Gasteiger partial charge in [-0.15, -0.1) is 0 Å². The number of hydrogen-bond acceptors (Lipinski definition) is 5. The summed E-state index contributed by atoms with van der Waals surface area (Å²) in [7, 11) is 1.87. The third kappa shape index (κ3) is 3.03. The molecule has 0 saturated heterocycles. The second-order valence-electron chi connectivity index (χ2n) is 5.75. The van der Waals surface area contributed by atoms with Crippen molar-refractivity contribution in [1.29, 1.82) is 0 Å². The van der Waals surface area contributed by atoms with Crippen LogP contribution in [0.25, 0.3) is 11.0 Å². The molecular formula is C17H21N5O. The van der Waals surface area contributed by atoms with E-state index in [2.05, 4.69) is 51.6 Å². The van der Waals surface area contributed by atoms with Crippen molar-refractivity contribution in [3.8, 4) is 0 Å². The third-order valence-corrected chi connectivity index (χ3v) is 4.00. The van der Waals surface area contributed by atoms with Gasteiger partial charge in [-0.25, -0.2) is 9.97 Å². The molecule has 0 amide bonds. The van der Waals surface area contributed by atoms with E-state index < -0.39 is 0 Å². The van der Waals surface area contributed by atoms with E-state index >= 15 is 0 Å². The minimum absolute atomic E-state index is 0.0155. The predicted molar refractivity (Wildman–Crippen MR) is 90.3 cm³/mol. The molecule has 23 heavy (non-hydrogen) atoms. The topological polar surface area (TPSA) is 75.9 Å². The van der Waals surface area contributed by atoms with E-state index in [0.29, 0.717) is 6.42 Å². The molecule has 0 fully saturated rings. The molecule has 0 bridgehead atoms. The van der Waals surface area contributed by atoms with Crippen molar-refractivity contribution >= 4 is 16.9 Å². The normalized spacial score (nSPS) is 12.5. The molecule has 0 saturated carbocycles. The average molecular weight is 311 g/mol. The minimum atomic E-state index is -0.0155. The maximum Gasteiger partial charge on any atom is 0.163 e. The van der Waals surface area contributed by atoms with Gasteiger partial charge in [-0.1, -0.05) is 29.8 Å². The van der Waals surface area contributed by atoms with Gasteiger partial charge < -0.3 is 10.4 Å². The number of hydrogen-bond donors (Lipinski definition) is 2. The number of nitrogens with one attached hydrogen (secondary N) is 1. The zero-order chi connectivity index (χ0) is 16.4. The summed E-state index contributed by atoms with van der Waals surface area (Å²) in [4.78, 5) is 8.69. The molecule has 3 aromatic rings.